The number of hydrogen-bond donors (Lipinski definition) is 6. The molecule has 0 aromatic heterocycles. The molecule has 0 aliphatic heterocycles. The predicted octanol–water partition coefficient (Wildman–Crippen LogP) is -0.511. The first-order valence-electron chi connectivity index (χ1n) is 8.59. The lowest BCUT2D eigenvalue weighted by Gasteiger charge is -2.25. The average molecular weight is 358 g/mol. The molecule has 2 aromatic rings. The topological polar surface area (TPSA) is 121 Å². The van der Waals surface area contributed by atoms with Crippen molar-refractivity contribution >= 4 is 0 Å². The van der Waals surface area contributed by atoms with Gasteiger partial charge in [-0.1, -0.05) is 60.7 Å². The van der Waals surface area contributed by atoms with Crippen LogP contribution in [0.3, 0.4) is 0 Å². The minimum atomic E-state index is -2.20. The lowest BCUT2D eigenvalue weighted by atomic mass is 9.96. The number of aliphatic hydroxyl groups is 6. The number of aliphatic hydroxyl groups excluding tert-OH is 3. The van der Waals surface area contributed by atoms with Crippen molar-refractivity contribution in [1.82, 2.24) is 0 Å². The van der Waals surface area contributed by atoms with Crippen LogP contribution in [0.25, 0.3) is 0 Å². The molecule has 6 heteroatoms. The van der Waals surface area contributed by atoms with E-state index >= 15 is 0 Å². The minimum absolute atomic E-state index is 0.504. The second-order valence-electron chi connectivity index (χ2n) is 7.29. The third-order valence-corrected chi connectivity index (χ3v) is 6.10. The van der Waals surface area contributed by atoms with Crippen LogP contribution in [0.4, 0.5) is 0 Å². The number of rotatable bonds is 5. The summed E-state index contributed by atoms with van der Waals surface area (Å²) in [5.41, 5.74) is -5.30. The Kier molecular flexibility index (Phi) is 3.79. The van der Waals surface area contributed by atoms with Crippen molar-refractivity contribution in [3.8, 4) is 0 Å². The van der Waals surface area contributed by atoms with Crippen LogP contribution >= 0.6 is 0 Å². The van der Waals surface area contributed by atoms with Gasteiger partial charge in [-0.3, -0.25) is 0 Å². The van der Waals surface area contributed by atoms with E-state index in [0.29, 0.717) is 11.1 Å². The lowest BCUT2D eigenvalue weighted by molar-refractivity contribution is -0.134. The number of hydrogen-bond acceptors (Lipinski definition) is 6. The zero-order chi connectivity index (χ0) is 18.7. The van der Waals surface area contributed by atoms with Crippen molar-refractivity contribution in [2.75, 3.05) is 6.61 Å². The van der Waals surface area contributed by atoms with E-state index in [1.165, 1.54) is 0 Å². The first kappa shape index (κ1) is 17.6. The van der Waals surface area contributed by atoms with Crippen molar-refractivity contribution in [3.05, 3.63) is 71.8 Å². The summed E-state index contributed by atoms with van der Waals surface area (Å²) in [6, 6.07) is 17.2. The van der Waals surface area contributed by atoms with Gasteiger partial charge in [0.25, 0.3) is 0 Å². The maximum absolute atomic E-state index is 11.3. The van der Waals surface area contributed by atoms with E-state index in [4.69, 9.17) is 0 Å². The van der Waals surface area contributed by atoms with Gasteiger partial charge in [0.05, 0.1) is 18.6 Å². The van der Waals surface area contributed by atoms with Crippen LogP contribution < -0.4 is 0 Å². The highest BCUT2D eigenvalue weighted by atomic mass is 16.5. The molecule has 3 unspecified atom stereocenters. The van der Waals surface area contributed by atoms with Gasteiger partial charge in [-0.05, 0) is 11.1 Å². The van der Waals surface area contributed by atoms with Crippen LogP contribution in [0.1, 0.15) is 23.0 Å². The quantitative estimate of drug-likeness (QED) is 0.428. The van der Waals surface area contributed by atoms with E-state index in [1.54, 1.807) is 60.7 Å². The summed E-state index contributed by atoms with van der Waals surface area (Å²) < 4.78 is 0. The van der Waals surface area contributed by atoms with Gasteiger partial charge >= 0.3 is 0 Å². The first-order valence-corrected chi connectivity index (χ1v) is 8.59. The van der Waals surface area contributed by atoms with Gasteiger partial charge in [0.2, 0.25) is 0 Å². The smallest absolute Gasteiger partial charge is 0.138 e. The van der Waals surface area contributed by atoms with Crippen LogP contribution in [0.15, 0.2) is 60.7 Å². The van der Waals surface area contributed by atoms with Gasteiger partial charge in [0, 0.05) is 5.92 Å². The molecule has 0 heterocycles. The fraction of sp³-hybridized carbons (Fsp3) is 0.400. The molecule has 0 radical (unpaired) electrons. The van der Waals surface area contributed by atoms with Crippen molar-refractivity contribution in [3.63, 3.8) is 0 Å². The summed E-state index contributed by atoms with van der Waals surface area (Å²) in [7, 11) is 0. The van der Waals surface area contributed by atoms with Crippen LogP contribution in [-0.2, 0) is 0 Å². The molecule has 2 aliphatic carbocycles. The average Bonchev–Trinajstić information content (AvgIpc) is 3.44. The minimum Gasteiger partial charge on any atom is -0.394 e. The van der Waals surface area contributed by atoms with Gasteiger partial charge in [0.1, 0.15) is 22.9 Å². The maximum Gasteiger partial charge on any atom is 0.138 e. The molecule has 2 aliphatic rings. The molecule has 2 saturated carbocycles. The zero-order valence-corrected chi connectivity index (χ0v) is 14.0. The first-order chi connectivity index (χ1) is 12.3. The number of benzene rings is 2. The van der Waals surface area contributed by atoms with Gasteiger partial charge in [-0.25, -0.2) is 0 Å². The van der Waals surface area contributed by atoms with E-state index in [2.05, 4.69) is 0 Å². The van der Waals surface area contributed by atoms with E-state index in [1.807, 2.05) is 0 Å². The summed E-state index contributed by atoms with van der Waals surface area (Å²) in [6.45, 7) is -0.787. The highest BCUT2D eigenvalue weighted by Gasteiger charge is 2.94. The van der Waals surface area contributed by atoms with Crippen molar-refractivity contribution in [2.45, 2.75) is 40.8 Å². The molecule has 7 atom stereocenters. The Hall–Kier alpha value is -1.80. The molecule has 6 nitrogen and oxygen atoms in total. The van der Waals surface area contributed by atoms with Crippen LogP contribution in [0, 0.1) is 0 Å². The zero-order valence-electron chi connectivity index (χ0n) is 14.0. The summed E-state index contributed by atoms with van der Waals surface area (Å²) in [5.74, 6) is -1.86. The molecule has 0 spiro atoms. The highest BCUT2D eigenvalue weighted by Crippen LogP contribution is 2.75. The van der Waals surface area contributed by atoms with Gasteiger partial charge in [-0.15, -0.1) is 0 Å². The second kappa shape index (κ2) is 5.60. The Labute approximate surface area is 150 Å². The van der Waals surface area contributed by atoms with Gasteiger partial charge in [-0.2, -0.15) is 0 Å². The molecule has 26 heavy (non-hydrogen) atoms. The molecule has 6 N–H and O–H groups in total. The van der Waals surface area contributed by atoms with Crippen molar-refractivity contribution in [1.29, 1.82) is 0 Å². The van der Waals surface area contributed by atoms with Crippen LogP contribution in [0.5, 0.6) is 0 Å². The summed E-state index contributed by atoms with van der Waals surface area (Å²) in [6.07, 6.45) is -2.98. The summed E-state index contributed by atoms with van der Waals surface area (Å²) in [5, 5.41) is 63.6. The van der Waals surface area contributed by atoms with E-state index in [-0.39, 0.29) is 0 Å². The molecule has 2 fully saturated rings. The Bertz CT molecular complexity index is 798. The Morgan fingerprint density at radius 1 is 0.846 bits per heavy atom. The summed E-state index contributed by atoms with van der Waals surface area (Å²) >= 11 is 0. The third kappa shape index (κ3) is 1.91. The Balaban J connectivity index is 1.78. The Morgan fingerprint density at radius 2 is 1.35 bits per heavy atom. The largest absolute Gasteiger partial charge is 0.394 e. The van der Waals surface area contributed by atoms with Crippen molar-refractivity contribution in [2.24, 2.45) is 0 Å². The molecule has 4 rings (SSSR count). The van der Waals surface area contributed by atoms with Crippen molar-refractivity contribution < 1.29 is 30.6 Å². The van der Waals surface area contributed by atoms with Gasteiger partial charge in [0.15, 0.2) is 0 Å². The van der Waals surface area contributed by atoms with E-state index in [9.17, 15) is 30.6 Å². The SMILES string of the molecule is OC[C@@H](O)[C@]1(O)C(c2ccccc2)[C@@]1(O)[C@@]1(O)C(O)C1c1ccccc1. The lowest BCUT2D eigenvalue weighted by Crippen LogP contribution is -2.49. The standard InChI is InChI=1S/C20H22O6/c21-11-14(22)18(24)16(13-9-5-2-6-10-13)20(18,26)19(25)15(17(19)23)12-7-3-1-4-8-12/h1-10,14-17,21-26H,11H2/t14-,15?,16?,17?,18+,19+,20+/m1/s1. The second-order valence-corrected chi connectivity index (χ2v) is 7.29. The molecular formula is C20H22O6. The van der Waals surface area contributed by atoms with Crippen LogP contribution in [-0.4, -0.2) is 66.3 Å². The van der Waals surface area contributed by atoms with E-state index in [0.717, 1.165) is 0 Å². The maximum atomic E-state index is 11.3. The molecule has 0 amide bonds. The third-order valence-electron chi connectivity index (χ3n) is 6.10. The molecule has 138 valence electrons. The molecule has 0 saturated heterocycles. The highest BCUT2D eigenvalue weighted by molar-refractivity contribution is 5.55. The van der Waals surface area contributed by atoms with E-state index < -0.39 is 47.5 Å². The molecular weight excluding hydrogens is 336 g/mol. The van der Waals surface area contributed by atoms with Gasteiger partial charge < -0.3 is 30.6 Å². The normalized spacial score (nSPS) is 42.3. The summed E-state index contributed by atoms with van der Waals surface area (Å²) in [4.78, 5) is 0. The Morgan fingerprint density at radius 3 is 1.85 bits per heavy atom. The fourth-order valence-electron chi connectivity index (χ4n) is 4.66. The van der Waals surface area contributed by atoms with Crippen LogP contribution in [0.2, 0.25) is 0 Å². The fourth-order valence-corrected chi connectivity index (χ4v) is 4.66. The monoisotopic (exact) mass is 358 g/mol. The molecule has 0 bridgehead atoms. The molecule has 2 aromatic carbocycles. The predicted molar refractivity (Wildman–Crippen MR) is 92.3 cm³/mol.